The smallest absolute Gasteiger partial charge is 0.0113 e. The van der Waals surface area contributed by atoms with Crippen molar-refractivity contribution >= 4 is 0 Å². The van der Waals surface area contributed by atoms with Crippen LogP contribution in [0.4, 0.5) is 0 Å². The minimum Gasteiger partial charge on any atom is -0.311 e. The zero-order valence-electron chi connectivity index (χ0n) is 5.35. The third-order valence-electron chi connectivity index (χ3n) is 2.69. The highest BCUT2D eigenvalue weighted by atomic mass is 15.1. The molecule has 1 aliphatic carbocycles. The molecule has 1 heteroatoms. The Morgan fingerprint density at radius 3 is 2.75 bits per heavy atom. The van der Waals surface area contributed by atoms with Gasteiger partial charge in [0, 0.05) is 12.1 Å². The van der Waals surface area contributed by atoms with Crippen LogP contribution in [0.5, 0.6) is 0 Å². The molecule has 1 N–H and O–H groups in total. The standard InChI is InChI=1S/C7H13N/c1-5-6-3-2-4-7(6)8-5/h5-8H,2-4H2,1H3. The Morgan fingerprint density at radius 2 is 2.25 bits per heavy atom. The van der Waals surface area contributed by atoms with Crippen LogP contribution in [0.3, 0.4) is 0 Å². The summed E-state index contributed by atoms with van der Waals surface area (Å²) in [7, 11) is 0. The Hall–Kier alpha value is -0.0400. The van der Waals surface area contributed by atoms with Gasteiger partial charge in [0.25, 0.3) is 0 Å². The van der Waals surface area contributed by atoms with Crippen LogP contribution in [0, 0.1) is 5.92 Å². The van der Waals surface area contributed by atoms with Gasteiger partial charge < -0.3 is 5.32 Å². The predicted molar refractivity (Wildman–Crippen MR) is 33.7 cm³/mol. The normalized spacial score (nSPS) is 52.9. The van der Waals surface area contributed by atoms with E-state index < -0.39 is 0 Å². The fourth-order valence-electron chi connectivity index (χ4n) is 2.14. The zero-order valence-corrected chi connectivity index (χ0v) is 5.35. The van der Waals surface area contributed by atoms with Crippen LogP contribution in [0.15, 0.2) is 0 Å². The fraction of sp³-hybridized carbons (Fsp3) is 1.00. The molecule has 0 radical (unpaired) electrons. The molecular weight excluding hydrogens is 98.1 g/mol. The van der Waals surface area contributed by atoms with Crippen LogP contribution in [-0.4, -0.2) is 12.1 Å². The van der Waals surface area contributed by atoms with E-state index in [0.717, 1.165) is 18.0 Å². The monoisotopic (exact) mass is 111 g/mol. The lowest BCUT2D eigenvalue weighted by Gasteiger charge is -2.39. The molecule has 46 valence electrons. The van der Waals surface area contributed by atoms with Crippen molar-refractivity contribution in [3.05, 3.63) is 0 Å². The maximum Gasteiger partial charge on any atom is 0.0113 e. The highest BCUT2D eigenvalue weighted by Crippen LogP contribution is 2.35. The Labute approximate surface area is 50.5 Å². The molecule has 0 spiro atoms. The molecule has 2 rings (SSSR count). The van der Waals surface area contributed by atoms with Gasteiger partial charge in [-0.05, 0) is 25.7 Å². The van der Waals surface area contributed by atoms with Crippen LogP contribution in [0.1, 0.15) is 26.2 Å². The van der Waals surface area contributed by atoms with Crippen LogP contribution in [-0.2, 0) is 0 Å². The molecule has 0 aromatic rings. The first-order valence-corrected chi connectivity index (χ1v) is 3.64. The third kappa shape index (κ3) is 0.455. The van der Waals surface area contributed by atoms with Crippen molar-refractivity contribution in [1.29, 1.82) is 0 Å². The highest BCUT2D eigenvalue weighted by Gasteiger charge is 2.40. The Balaban J connectivity index is 2.02. The van der Waals surface area contributed by atoms with Gasteiger partial charge in [0.2, 0.25) is 0 Å². The van der Waals surface area contributed by atoms with Gasteiger partial charge in [-0.25, -0.2) is 0 Å². The molecule has 1 aliphatic heterocycles. The van der Waals surface area contributed by atoms with Gasteiger partial charge in [0.1, 0.15) is 0 Å². The van der Waals surface area contributed by atoms with Crippen molar-refractivity contribution in [1.82, 2.24) is 5.32 Å². The molecule has 1 heterocycles. The molecule has 0 aromatic heterocycles. The highest BCUT2D eigenvalue weighted by molar-refractivity contribution is 4.98. The lowest BCUT2D eigenvalue weighted by atomic mass is 9.87. The summed E-state index contributed by atoms with van der Waals surface area (Å²) in [5.74, 6) is 1.05. The first-order valence-electron chi connectivity index (χ1n) is 3.64. The quantitative estimate of drug-likeness (QED) is 0.494. The number of fused-ring (bicyclic) bond motifs is 1. The summed E-state index contributed by atoms with van der Waals surface area (Å²) < 4.78 is 0. The summed E-state index contributed by atoms with van der Waals surface area (Å²) in [6.07, 6.45) is 4.39. The van der Waals surface area contributed by atoms with E-state index in [-0.39, 0.29) is 0 Å². The molecule has 0 aromatic carbocycles. The van der Waals surface area contributed by atoms with E-state index in [1.807, 2.05) is 0 Å². The van der Waals surface area contributed by atoms with Crippen LogP contribution >= 0.6 is 0 Å². The van der Waals surface area contributed by atoms with E-state index >= 15 is 0 Å². The minimum absolute atomic E-state index is 0.836. The first-order chi connectivity index (χ1) is 3.88. The minimum atomic E-state index is 0.836. The van der Waals surface area contributed by atoms with E-state index in [9.17, 15) is 0 Å². The van der Waals surface area contributed by atoms with Gasteiger partial charge in [-0.1, -0.05) is 6.42 Å². The van der Waals surface area contributed by atoms with E-state index in [1.54, 1.807) is 0 Å². The second-order valence-electron chi connectivity index (χ2n) is 3.16. The summed E-state index contributed by atoms with van der Waals surface area (Å²) in [5.41, 5.74) is 0. The van der Waals surface area contributed by atoms with Crippen LogP contribution < -0.4 is 5.32 Å². The SMILES string of the molecule is CC1NC2CCCC12. The van der Waals surface area contributed by atoms with Gasteiger partial charge in [-0.3, -0.25) is 0 Å². The van der Waals surface area contributed by atoms with E-state index in [2.05, 4.69) is 12.2 Å². The third-order valence-corrected chi connectivity index (χ3v) is 2.69. The average Bonchev–Trinajstić information content (AvgIpc) is 2.09. The van der Waals surface area contributed by atoms with Crippen molar-refractivity contribution < 1.29 is 0 Å². The summed E-state index contributed by atoms with van der Waals surface area (Å²) in [6, 6.07) is 1.76. The van der Waals surface area contributed by atoms with E-state index in [4.69, 9.17) is 0 Å². The molecule has 3 unspecified atom stereocenters. The van der Waals surface area contributed by atoms with Gasteiger partial charge in [-0.15, -0.1) is 0 Å². The number of hydrogen-bond donors (Lipinski definition) is 1. The number of rotatable bonds is 0. The molecule has 2 fully saturated rings. The molecule has 2 aliphatic rings. The van der Waals surface area contributed by atoms with E-state index in [1.165, 1.54) is 19.3 Å². The fourth-order valence-corrected chi connectivity index (χ4v) is 2.14. The van der Waals surface area contributed by atoms with Gasteiger partial charge in [0.15, 0.2) is 0 Å². The lowest BCUT2D eigenvalue weighted by Crippen LogP contribution is -2.56. The molecule has 0 amide bonds. The van der Waals surface area contributed by atoms with Crippen molar-refractivity contribution in [2.24, 2.45) is 5.92 Å². The topological polar surface area (TPSA) is 12.0 Å². The Bertz CT molecular complexity index is 101. The molecule has 8 heavy (non-hydrogen) atoms. The summed E-state index contributed by atoms with van der Waals surface area (Å²) in [6.45, 7) is 2.30. The first kappa shape index (κ1) is 4.80. The Morgan fingerprint density at radius 1 is 1.38 bits per heavy atom. The number of nitrogens with one attached hydrogen (secondary N) is 1. The van der Waals surface area contributed by atoms with Crippen molar-refractivity contribution in [2.45, 2.75) is 38.3 Å². The number of hydrogen-bond acceptors (Lipinski definition) is 1. The zero-order chi connectivity index (χ0) is 5.56. The summed E-state index contributed by atoms with van der Waals surface area (Å²) in [4.78, 5) is 0. The summed E-state index contributed by atoms with van der Waals surface area (Å²) in [5, 5.41) is 3.50. The van der Waals surface area contributed by atoms with Crippen molar-refractivity contribution in [3.63, 3.8) is 0 Å². The largest absolute Gasteiger partial charge is 0.311 e. The Kier molecular flexibility index (Phi) is 0.884. The van der Waals surface area contributed by atoms with Gasteiger partial charge >= 0.3 is 0 Å². The molecule has 3 atom stereocenters. The average molecular weight is 111 g/mol. The lowest BCUT2D eigenvalue weighted by molar-refractivity contribution is 0.189. The molecule has 0 bridgehead atoms. The second kappa shape index (κ2) is 1.47. The van der Waals surface area contributed by atoms with Crippen LogP contribution in [0.2, 0.25) is 0 Å². The predicted octanol–water partition coefficient (Wildman–Crippen LogP) is 1.15. The maximum atomic E-state index is 3.50. The maximum absolute atomic E-state index is 3.50. The molecule has 1 saturated heterocycles. The van der Waals surface area contributed by atoms with E-state index in [0.29, 0.717) is 0 Å². The van der Waals surface area contributed by atoms with Crippen LogP contribution in [0.25, 0.3) is 0 Å². The van der Waals surface area contributed by atoms with Crippen molar-refractivity contribution in [3.8, 4) is 0 Å². The second-order valence-corrected chi connectivity index (χ2v) is 3.16. The van der Waals surface area contributed by atoms with Gasteiger partial charge in [0.05, 0.1) is 0 Å². The van der Waals surface area contributed by atoms with Gasteiger partial charge in [-0.2, -0.15) is 0 Å². The molecule has 1 nitrogen and oxygen atoms in total. The molecular formula is C7H13N. The summed E-state index contributed by atoms with van der Waals surface area (Å²) >= 11 is 0. The van der Waals surface area contributed by atoms with Crippen molar-refractivity contribution in [2.75, 3.05) is 0 Å². The molecule has 1 saturated carbocycles.